The van der Waals surface area contributed by atoms with Crippen molar-refractivity contribution >= 4 is 5.78 Å². The molecule has 2 heteroatoms. The number of Topliss-reactive ketones (excluding diaryl/α,β-unsaturated/α-hetero) is 1. The van der Waals surface area contributed by atoms with Gasteiger partial charge in [0, 0.05) is 12.0 Å². The van der Waals surface area contributed by atoms with E-state index in [0.29, 0.717) is 0 Å². The fourth-order valence-electron chi connectivity index (χ4n) is 2.01. The zero-order valence-electron chi connectivity index (χ0n) is 8.94. The van der Waals surface area contributed by atoms with Gasteiger partial charge < -0.3 is 4.74 Å². The summed E-state index contributed by atoms with van der Waals surface area (Å²) in [6.07, 6.45) is 2.89. The van der Waals surface area contributed by atoms with E-state index < -0.39 is 0 Å². The topological polar surface area (TPSA) is 26.3 Å². The van der Waals surface area contributed by atoms with Crippen LogP contribution in [0.15, 0.2) is 11.3 Å². The molecule has 0 aromatic rings. The Kier molecular flexibility index (Phi) is 2.79. The van der Waals surface area contributed by atoms with Crippen molar-refractivity contribution in [2.24, 2.45) is 0 Å². The Morgan fingerprint density at radius 2 is 2.23 bits per heavy atom. The van der Waals surface area contributed by atoms with Crippen LogP contribution >= 0.6 is 0 Å². The molecule has 0 saturated carbocycles. The molecule has 1 atom stereocenters. The summed E-state index contributed by atoms with van der Waals surface area (Å²) in [5.74, 6) is 0.973. The summed E-state index contributed by atoms with van der Waals surface area (Å²) in [5.41, 5.74) is 0.746. The summed E-state index contributed by atoms with van der Waals surface area (Å²) in [5, 5.41) is 0. The highest BCUT2D eigenvalue weighted by molar-refractivity contribution is 5.94. The molecule has 0 spiro atoms. The maximum absolute atomic E-state index is 11.2. The van der Waals surface area contributed by atoms with Gasteiger partial charge in [0.25, 0.3) is 0 Å². The van der Waals surface area contributed by atoms with Crippen molar-refractivity contribution in [2.45, 2.75) is 52.6 Å². The predicted molar refractivity (Wildman–Crippen MR) is 52.4 cm³/mol. The second-order valence-corrected chi connectivity index (χ2v) is 4.07. The number of carbonyl (C=O) groups is 1. The van der Waals surface area contributed by atoms with Gasteiger partial charge in [0.1, 0.15) is 11.4 Å². The molecular formula is C11H18O2. The lowest BCUT2D eigenvalue weighted by Gasteiger charge is -2.24. The van der Waals surface area contributed by atoms with Gasteiger partial charge in [-0.05, 0) is 27.2 Å². The van der Waals surface area contributed by atoms with Crippen LogP contribution in [0, 0.1) is 0 Å². The van der Waals surface area contributed by atoms with Crippen molar-refractivity contribution in [3.8, 4) is 0 Å². The van der Waals surface area contributed by atoms with E-state index in [4.69, 9.17) is 4.74 Å². The van der Waals surface area contributed by atoms with Crippen molar-refractivity contribution < 1.29 is 9.53 Å². The molecule has 0 N–H and O–H groups in total. The average molecular weight is 182 g/mol. The molecule has 1 heterocycles. The van der Waals surface area contributed by atoms with Crippen molar-refractivity contribution in [1.82, 2.24) is 0 Å². The second-order valence-electron chi connectivity index (χ2n) is 4.07. The zero-order valence-corrected chi connectivity index (χ0v) is 8.94. The summed E-state index contributed by atoms with van der Waals surface area (Å²) in [4.78, 5) is 11.2. The van der Waals surface area contributed by atoms with E-state index in [1.165, 1.54) is 0 Å². The number of rotatable bonds is 3. The number of ketones is 1. The molecular weight excluding hydrogens is 164 g/mol. The molecule has 0 saturated heterocycles. The van der Waals surface area contributed by atoms with Crippen molar-refractivity contribution in [2.75, 3.05) is 0 Å². The first-order valence-electron chi connectivity index (χ1n) is 4.88. The third-order valence-corrected chi connectivity index (χ3v) is 2.58. The van der Waals surface area contributed by atoms with Crippen LogP contribution in [0.1, 0.15) is 47.0 Å². The zero-order chi connectivity index (χ0) is 10.1. The molecule has 0 aliphatic carbocycles. The van der Waals surface area contributed by atoms with E-state index >= 15 is 0 Å². The molecule has 0 aromatic carbocycles. The van der Waals surface area contributed by atoms with Gasteiger partial charge in [-0.1, -0.05) is 13.3 Å². The van der Waals surface area contributed by atoms with Gasteiger partial charge in [0.05, 0.1) is 0 Å². The van der Waals surface area contributed by atoms with Gasteiger partial charge in [0.15, 0.2) is 5.78 Å². The predicted octanol–water partition coefficient (Wildman–Crippen LogP) is 2.83. The molecule has 0 bridgehead atoms. The lowest BCUT2D eigenvalue weighted by atomic mass is 9.93. The molecule has 1 aliphatic heterocycles. The van der Waals surface area contributed by atoms with Crippen LogP contribution < -0.4 is 0 Å². The van der Waals surface area contributed by atoms with E-state index in [0.717, 1.165) is 30.6 Å². The molecule has 13 heavy (non-hydrogen) atoms. The maximum Gasteiger partial charge on any atom is 0.159 e. The maximum atomic E-state index is 11.2. The van der Waals surface area contributed by atoms with Gasteiger partial charge in [-0.3, -0.25) is 4.79 Å². The van der Waals surface area contributed by atoms with E-state index in [1.54, 1.807) is 6.92 Å². The van der Waals surface area contributed by atoms with Gasteiger partial charge in [-0.15, -0.1) is 0 Å². The first-order chi connectivity index (χ1) is 5.98. The van der Waals surface area contributed by atoms with Crippen LogP contribution in [0.4, 0.5) is 0 Å². The molecule has 1 unspecified atom stereocenters. The first-order valence-corrected chi connectivity index (χ1v) is 4.88. The third kappa shape index (κ3) is 2.11. The van der Waals surface area contributed by atoms with Gasteiger partial charge in [0.2, 0.25) is 0 Å². The van der Waals surface area contributed by atoms with Gasteiger partial charge >= 0.3 is 0 Å². The minimum Gasteiger partial charge on any atom is -0.491 e. The van der Waals surface area contributed by atoms with E-state index in [2.05, 4.69) is 13.8 Å². The highest BCUT2D eigenvalue weighted by atomic mass is 16.5. The summed E-state index contributed by atoms with van der Waals surface area (Å²) < 4.78 is 5.72. The van der Waals surface area contributed by atoms with E-state index in [-0.39, 0.29) is 11.4 Å². The Morgan fingerprint density at radius 1 is 1.62 bits per heavy atom. The Bertz CT molecular complexity index is 253. The average Bonchev–Trinajstić information content (AvgIpc) is 2.27. The number of hydrogen-bond acceptors (Lipinski definition) is 2. The van der Waals surface area contributed by atoms with Crippen molar-refractivity contribution in [1.29, 1.82) is 0 Å². The number of allylic oxidation sites excluding steroid dienone is 1. The van der Waals surface area contributed by atoms with Crippen molar-refractivity contribution in [3.05, 3.63) is 11.3 Å². The Labute approximate surface area is 80.0 Å². The lowest BCUT2D eigenvalue weighted by molar-refractivity contribution is -0.113. The Balaban J connectivity index is 2.73. The number of hydrogen-bond donors (Lipinski definition) is 0. The molecule has 0 radical (unpaired) electrons. The number of carbonyl (C=O) groups excluding carboxylic acids is 1. The molecule has 0 aromatic heterocycles. The normalized spacial score (nSPS) is 27.7. The van der Waals surface area contributed by atoms with Gasteiger partial charge in [-0.25, -0.2) is 0 Å². The molecule has 1 rings (SSSR count). The smallest absolute Gasteiger partial charge is 0.159 e. The molecule has 1 aliphatic rings. The second kappa shape index (κ2) is 3.52. The van der Waals surface area contributed by atoms with Crippen LogP contribution in [0.5, 0.6) is 0 Å². The Morgan fingerprint density at radius 3 is 2.62 bits per heavy atom. The van der Waals surface area contributed by atoms with Crippen LogP contribution in [0.3, 0.4) is 0 Å². The highest BCUT2D eigenvalue weighted by Crippen LogP contribution is 2.36. The molecule has 2 nitrogen and oxygen atoms in total. The number of ether oxygens (including phenoxy) is 1. The highest BCUT2D eigenvalue weighted by Gasteiger charge is 2.35. The third-order valence-electron chi connectivity index (χ3n) is 2.58. The molecule has 0 amide bonds. The van der Waals surface area contributed by atoms with Crippen LogP contribution in [-0.4, -0.2) is 11.4 Å². The summed E-state index contributed by atoms with van der Waals surface area (Å²) in [7, 11) is 0. The standard InChI is InChI=1S/C11H18O2/c1-5-6-11(4)7-10(8(2)12)9(3)13-11/h5-7H2,1-4H3. The lowest BCUT2D eigenvalue weighted by Crippen LogP contribution is -2.23. The first kappa shape index (κ1) is 10.3. The van der Waals surface area contributed by atoms with Crippen LogP contribution in [0.2, 0.25) is 0 Å². The molecule has 0 fully saturated rings. The summed E-state index contributed by atoms with van der Waals surface area (Å²) in [6.45, 7) is 7.71. The van der Waals surface area contributed by atoms with Gasteiger partial charge in [-0.2, -0.15) is 0 Å². The van der Waals surface area contributed by atoms with Crippen LogP contribution in [-0.2, 0) is 9.53 Å². The minimum atomic E-state index is -0.125. The quantitative estimate of drug-likeness (QED) is 0.671. The fraction of sp³-hybridized carbons (Fsp3) is 0.727. The summed E-state index contributed by atoms with van der Waals surface area (Å²) >= 11 is 0. The largest absolute Gasteiger partial charge is 0.491 e. The molecule has 74 valence electrons. The van der Waals surface area contributed by atoms with E-state index in [1.807, 2.05) is 6.92 Å². The fourth-order valence-corrected chi connectivity index (χ4v) is 2.01. The minimum absolute atomic E-state index is 0.125. The SMILES string of the molecule is CCCC1(C)CC(C(C)=O)=C(C)O1. The Hall–Kier alpha value is -0.790. The summed E-state index contributed by atoms with van der Waals surface area (Å²) in [6, 6.07) is 0. The monoisotopic (exact) mass is 182 g/mol. The van der Waals surface area contributed by atoms with Crippen LogP contribution in [0.25, 0.3) is 0 Å². The van der Waals surface area contributed by atoms with E-state index in [9.17, 15) is 4.79 Å². The van der Waals surface area contributed by atoms with Crippen molar-refractivity contribution in [3.63, 3.8) is 0 Å².